The van der Waals surface area contributed by atoms with Crippen molar-refractivity contribution < 1.29 is 0 Å². The second-order valence-corrected chi connectivity index (χ2v) is 20.0. The molecular formula is C20H40Cl2N7P3. The van der Waals surface area contributed by atoms with E-state index in [1.165, 1.54) is 77.0 Å². The van der Waals surface area contributed by atoms with E-state index in [2.05, 4.69) is 18.7 Å². The molecule has 5 aliphatic heterocycles. The lowest BCUT2D eigenvalue weighted by Gasteiger charge is -2.49. The highest BCUT2D eigenvalue weighted by molar-refractivity contribution is 8.02. The molecule has 32 heavy (non-hydrogen) atoms. The zero-order chi connectivity index (χ0) is 22.1. The van der Waals surface area contributed by atoms with Gasteiger partial charge in [-0.3, -0.25) is 0 Å². The third kappa shape index (κ3) is 5.00. The van der Waals surface area contributed by atoms with E-state index in [4.69, 9.17) is 36.0 Å². The minimum absolute atomic E-state index is 1.00. The van der Waals surface area contributed by atoms with E-state index in [-0.39, 0.29) is 0 Å². The number of nitrogens with zero attached hydrogens (tertiary/aromatic N) is 7. The minimum atomic E-state index is -2.58. The summed E-state index contributed by atoms with van der Waals surface area (Å²) in [4.78, 5) is 0. The normalized spacial score (nSPS) is 38.4. The van der Waals surface area contributed by atoms with Crippen LogP contribution in [0.15, 0.2) is 13.5 Å². The van der Waals surface area contributed by atoms with E-state index in [9.17, 15) is 0 Å². The molecule has 0 aliphatic carbocycles. The standard InChI is InChI=1S/C20H40Cl2N7P3/c21-30(26-13-5-1-6-14-26)23-31(22,27-15-7-2-8-16-27)25-32(24-30,28-17-9-3-10-18-28)29-19-11-4-12-20-29/h1-20H2/t30-,31+. The predicted octanol–water partition coefficient (Wildman–Crippen LogP) is 8.26. The SMILES string of the molecule is Cl[P@@]1(N2CCCCC2)=N[P@](Cl)(N2CCCCC2)=NP(N2CCCCC2)(N2CCCCC2)=N1. The molecular weight excluding hydrogens is 502 g/mol. The van der Waals surface area contributed by atoms with E-state index < -0.39 is 20.9 Å². The van der Waals surface area contributed by atoms with Crippen LogP contribution in [0.2, 0.25) is 0 Å². The largest absolute Gasteiger partial charge is 0.240 e. The first-order chi connectivity index (χ1) is 15.5. The first kappa shape index (κ1) is 24.8. The Morgan fingerprint density at radius 3 is 1.06 bits per heavy atom. The van der Waals surface area contributed by atoms with Crippen LogP contribution in [0, 0.1) is 0 Å². The van der Waals surface area contributed by atoms with E-state index in [1.54, 1.807) is 0 Å². The molecule has 0 aromatic carbocycles. The minimum Gasteiger partial charge on any atom is -0.240 e. The molecule has 0 aromatic heterocycles. The van der Waals surface area contributed by atoms with Crippen molar-refractivity contribution in [3.63, 3.8) is 0 Å². The highest BCUT2D eigenvalue weighted by Gasteiger charge is 2.47. The van der Waals surface area contributed by atoms with Crippen LogP contribution in [-0.2, 0) is 0 Å². The van der Waals surface area contributed by atoms with Crippen LogP contribution < -0.4 is 0 Å². The Morgan fingerprint density at radius 2 is 0.688 bits per heavy atom. The molecule has 0 aromatic rings. The molecule has 0 radical (unpaired) electrons. The Bertz CT molecular complexity index is 782. The predicted molar refractivity (Wildman–Crippen MR) is 141 cm³/mol. The van der Waals surface area contributed by atoms with Gasteiger partial charge in [-0.05, 0) is 73.8 Å². The van der Waals surface area contributed by atoms with Crippen molar-refractivity contribution in [1.29, 1.82) is 0 Å². The zero-order valence-electron chi connectivity index (χ0n) is 19.4. The summed E-state index contributed by atoms with van der Waals surface area (Å²) in [7, 11) is -2.34. The number of piperidine rings is 4. The molecule has 0 N–H and O–H groups in total. The second-order valence-electron chi connectivity index (χ2n) is 9.85. The molecule has 4 saturated heterocycles. The van der Waals surface area contributed by atoms with Crippen molar-refractivity contribution >= 4 is 43.4 Å². The van der Waals surface area contributed by atoms with Crippen LogP contribution in [0.1, 0.15) is 77.0 Å². The summed E-state index contributed by atoms with van der Waals surface area (Å²) in [6, 6.07) is 0. The molecule has 0 spiro atoms. The molecule has 0 amide bonds. The lowest BCUT2D eigenvalue weighted by Crippen LogP contribution is -2.38. The fourth-order valence-corrected chi connectivity index (χ4v) is 22.4. The van der Waals surface area contributed by atoms with Gasteiger partial charge in [0.25, 0.3) is 0 Å². The van der Waals surface area contributed by atoms with Gasteiger partial charge in [-0.25, -0.2) is 18.7 Å². The van der Waals surface area contributed by atoms with E-state index >= 15 is 0 Å². The maximum atomic E-state index is 7.62. The van der Waals surface area contributed by atoms with Crippen molar-refractivity contribution in [1.82, 2.24) is 18.7 Å². The van der Waals surface area contributed by atoms with E-state index in [0.29, 0.717) is 0 Å². The Morgan fingerprint density at radius 1 is 0.375 bits per heavy atom. The number of rotatable bonds is 4. The van der Waals surface area contributed by atoms with Crippen molar-refractivity contribution in [3.8, 4) is 0 Å². The average Bonchev–Trinajstić information content (AvgIpc) is 2.86. The topological polar surface area (TPSA) is 50.0 Å². The summed E-state index contributed by atoms with van der Waals surface area (Å²) in [5, 5.41) is 0. The van der Waals surface area contributed by atoms with Gasteiger partial charge in [0.05, 0.1) is 0 Å². The monoisotopic (exact) mass is 541 g/mol. The quantitative estimate of drug-likeness (QED) is 0.336. The second kappa shape index (κ2) is 10.6. The van der Waals surface area contributed by atoms with Crippen LogP contribution in [0.25, 0.3) is 0 Å². The first-order valence-electron chi connectivity index (χ1n) is 12.9. The van der Waals surface area contributed by atoms with Crippen LogP contribution >= 0.6 is 43.4 Å². The Hall–Kier alpha value is 1.11. The van der Waals surface area contributed by atoms with Gasteiger partial charge in [-0.2, -0.15) is 13.5 Å². The maximum absolute atomic E-state index is 7.62. The highest BCUT2D eigenvalue weighted by atomic mass is 35.7. The molecule has 5 heterocycles. The molecule has 5 rings (SSSR count). The van der Waals surface area contributed by atoms with Crippen molar-refractivity contribution in [2.45, 2.75) is 77.0 Å². The molecule has 5 aliphatic rings. The summed E-state index contributed by atoms with van der Waals surface area (Å²) in [6.07, 6.45) is 14.8. The Balaban J connectivity index is 1.68. The molecule has 7 nitrogen and oxygen atoms in total. The maximum Gasteiger partial charge on any atom is 0.239 e. The summed E-state index contributed by atoms with van der Waals surface area (Å²) in [5.74, 6) is 0. The summed E-state index contributed by atoms with van der Waals surface area (Å²) in [6.45, 7) is 3.15. The lowest BCUT2D eigenvalue weighted by atomic mass is 10.2. The van der Waals surface area contributed by atoms with Crippen LogP contribution in [-0.4, -0.2) is 71.0 Å². The van der Waals surface area contributed by atoms with Gasteiger partial charge in [0.2, 0.25) is 20.9 Å². The van der Waals surface area contributed by atoms with Gasteiger partial charge < -0.3 is 0 Å². The zero-order valence-corrected chi connectivity index (χ0v) is 23.6. The van der Waals surface area contributed by atoms with Gasteiger partial charge in [0.15, 0.2) is 0 Å². The molecule has 0 unspecified atom stereocenters. The van der Waals surface area contributed by atoms with Gasteiger partial charge in [0.1, 0.15) is 0 Å². The van der Waals surface area contributed by atoms with E-state index in [1.807, 2.05) is 0 Å². The fraction of sp³-hybridized carbons (Fsp3) is 1.00. The van der Waals surface area contributed by atoms with Crippen LogP contribution in [0.4, 0.5) is 0 Å². The summed E-state index contributed by atoms with van der Waals surface area (Å²) in [5.41, 5.74) is 0. The Labute approximate surface area is 204 Å². The van der Waals surface area contributed by atoms with Gasteiger partial charge >= 0.3 is 0 Å². The third-order valence-electron chi connectivity index (χ3n) is 7.50. The van der Waals surface area contributed by atoms with Crippen molar-refractivity contribution in [2.24, 2.45) is 13.5 Å². The molecule has 12 heteroatoms. The van der Waals surface area contributed by atoms with Crippen LogP contribution in [0.5, 0.6) is 0 Å². The molecule has 184 valence electrons. The first-order valence-corrected chi connectivity index (χ1v) is 19.6. The van der Waals surface area contributed by atoms with Crippen molar-refractivity contribution in [2.75, 3.05) is 52.4 Å². The van der Waals surface area contributed by atoms with Gasteiger partial charge in [-0.15, -0.1) is 0 Å². The average molecular weight is 542 g/mol. The number of hydrogen-bond acceptors (Lipinski definition) is 7. The lowest BCUT2D eigenvalue weighted by molar-refractivity contribution is 0.304. The molecule has 4 fully saturated rings. The third-order valence-corrected chi connectivity index (χ3v) is 21.3. The van der Waals surface area contributed by atoms with Gasteiger partial charge in [0, 0.05) is 52.4 Å². The van der Waals surface area contributed by atoms with Crippen molar-refractivity contribution in [3.05, 3.63) is 0 Å². The molecule has 0 bridgehead atoms. The molecule has 2 atom stereocenters. The highest BCUT2D eigenvalue weighted by Crippen LogP contribution is 2.85. The smallest absolute Gasteiger partial charge is 0.239 e. The summed E-state index contributed by atoms with van der Waals surface area (Å²) >= 11 is 15.2. The summed E-state index contributed by atoms with van der Waals surface area (Å²) < 4.78 is 26.8. The Kier molecular flexibility index (Phi) is 8.22. The number of halogens is 2. The van der Waals surface area contributed by atoms with Crippen LogP contribution in [0.3, 0.4) is 0 Å². The fourth-order valence-electron chi connectivity index (χ4n) is 5.69. The van der Waals surface area contributed by atoms with Gasteiger partial charge in [-0.1, -0.05) is 25.7 Å². The van der Waals surface area contributed by atoms with E-state index in [0.717, 1.165) is 52.4 Å². The number of hydrogen-bond donors (Lipinski definition) is 0. The molecule has 0 saturated carbocycles.